The topological polar surface area (TPSA) is 68.3 Å². The lowest BCUT2D eigenvalue weighted by atomic mass is 10.1. The molecule has 0 fully saturated rings. The van der Waals surface area contributed by atoms with E-state index in [1.165, 1.54) is 0 Å². The maximum Gasteiger partial charge on any atom is 0.255 e. The number of nitrogens with one attached hydrogen (secondary N) is 1. The fourth-order valence-corrected chi connectivity index (χ4v) is 1.99. The van der Waals surface area contributed by atoms with Crippen LogP contribution in [0.4, 0.5) is 0 Å². The molecule has 0 aromatic carbocycles. The van der Waals surface area contributed by atoms with Gasteiger partial charge in [-0.1, -0.05) is 6.92 Å². The SMILES string of the molecule is Cc1oc(C)c(C(=O)NCCCC(C)CN)c1C. The standard InChI is InChI=1S/C14H24N2O2/c1-9(8-15)6-5-7-16-14(17)13-10(2)11(3)18-12(13)4/h9H,5-8,15H2,1-4H3,(H,16,17). The number of carbonyl (C=O) groups is 1. The Morgan fingerprint density at radius 3 is 2.50 bits per heavy atom. The third-order valence-corrected chi connectivity index (χ3v) is 3.35. The van der Waals surface area contributed by atoms with Gasteiger partial charge in [0.2, 0.25) is 0 Å². The van der Waals surface area contributed by atoms with Gasteiger partial charge in [-0.3, -0.25) is 4.79 Å². The first kappa shape index (κ1) is 14.8. The molecule has 4 heteroatoms. The van der Waals surface area contributed by atoms with Crippen LogP contribution in [0, 0.1) is 26.7 Å². The van der Waals surface area contributed by atoms with Crippen LogP contribution >= 0.6 is 0 Å². The minimum absolute atomic E-state index is 0.0396. The van der Waals surface area contributed by atoms with E-state index >= 15 is 0 Å². The van der Waals surface area contributed by atoms with Crippen molar-refractivity contribution in [2.45, 2.75) is 40.5 Å². The molecule has 1 atom stereocenters. The molecule has 3 N–H and O–H groups in total. The second kappa shape index (κ2) is 6.59. The van der Waals surface area contributed by atoms with Crippen LogP contribution in [-0.4, -0.2) is 19.0 Å². The van der Waals surface area contributed by atoms with Crippen LogP contribution in [0.25, 0.3) is 0 Å². The average Bonchev–Trinajstić information content (AvgIpc) is 2.58. The van der Waals surface area contributed by atoms with Crippen LogP contribution in [0.1, 0.15) is 47.2 Å². The predicted octanol–water partition coefficient (Wildman–Crippen LogP) is 2.31. The van der Waals surface area contributed by atoms with Gasteiger partial charge in [-0.05, 0) is 46.1 Å². The minimum Gasteiger partial charge on any atom is -0.466 e. The smallest absolute Gasteiger partial charge is 0.255 e. The van der Waals surface area contributed by atoms with Crippen LogP contribution in [0.3, 0.4) is 0 Å². The van der Waals surface area contributed by atoms with Crippen LogP contribution in [0.5, 0.6) is 0 Å². The number of rotatable bonds is 6. The number of aryl methyl sites for hydroxylation is 2. The number of hydrogen-bond donors (Lipinski definition) is 2. The van der Waals surface area contributed by atoms with Gasteiger partial charge in [0.25, 0.3) is 5.91 Å². The lowest BCUT2D eigenvalue weighted by Crippen LogP contribution is -2.26. The summed E-state index contributed by atoms with van der Waals surface area (Å²) < 4.78 is 5.45. The van der Waals surface area contributed by atoms with E-state index in [0.717, 1.165) is 24.2 Å². The Morgan fingerprint density at radius 1 is 1.33 bits per heavy atom. The van der Waals surface area contributed by atoms with E-state index in [0.29, 0.717) is 30.3 Å². The van der Waals surface area contributed by atoms with Crippen LogP contribution < -0.4 is 11.1 Å². The molecule has 102 valence electrons. The molecule has 0 radical (unpaired) electrons. The Balaban J connectivity index is 2.46. The molecule has 4 nitrogen and oxygen atoms in total. The molecule has 0 aliphatic rings. The predicted molar refractivity (Wildman–Crippen MR) is 72.7 cm³/mol. The molecular formula is C14H24N2O2. The highest BCUT2D eigenvalue weighted by Gasteiger charge is 2.17. The Morgan fingerprint density at radius 2 is 2.00 bits per heavy atom. The normalized spacial score (nSPS) is 12.5. The highest BCUT2D eigenvalue weighted by molar-refractivity contribution is 5.96. The maximum atomic E-state index is 12.0. The second-order valence-corrected chi connectivity index (χ2v) is 4.95. The van der Waals surface area contributed by atoms with Crippen LogP contribution in [0.2, 0.25) is 0 Å². The van der Waals surface area contributed by atoms with Crippen molar-refractivity contribution >= 4 is 5.91 Å². The number of carbonyl (C=O) groups excluding carboxylic acids is 1. The Hall–Kier alpha value is -1.29. The third kappa shape index (κ3) is 3.60. The molecule has 1 aromatic heterocycles. The van der Waals surface area contributed by atoms with Gasteiger partial charge in [0.05, 0.1) is 5.56 Å². The number of furan rings is 1. The number of nitrogens with two attached hydrogens (primary N) is 1. The van der Waals surface area contributed by atoms with Crippen LogP contribution in [0.15, 0.2) is 4.42 Å². The van der Waals surface area contributed by atoms with Crippen molar-refractivity contribution < 1.29 is 9.21 Å². The van der Waals surface area contributed by atoms with E-state index in [-0.39, 0.29) is 5.91 Å². The maximum absolute atomic E-state index is 12.0. The molecule has 1 heterocycles. The van der Waals surface area contributed by atoms with Crippen molar-refractivity contribution in [1.82, 2.24) is 5.32 Å². The zero-order valence-corrected chi connectivity index (χ0v) is 11.8. The second-order valence-electron chi connectivity index (χ2n) is 4.95. The molecular weight excluding hydrogens is 228 g/mol. The van der Waals surface area contributed by atoms with E-state index in [9.17, 15) is 4.79 Å². The van der Waals surface area contributed by atoms with E-state index in [1.54, 1.807) is 0 Å². The molecule has 0 aliphatic carbocycles. The van der Waals surface area contributed by atoms with E-state index in [4.69, 9.17) is 10.2 Å². The monoisotopic (exact) mass is 252 g/mol. The average molecular weight is 252 g/mol. The Labute approximate surface area is 109 Å². The van der Waals surface area contributed by atoms with Crippen LogP contribution in [-0.2, 0) is 0 Å². The van der Waals surface area contributed by atoms with Crippen molar-refractivity contribution in [3.63, 3.8) is 0 Å². The van der Waals surface area contributed by atoms with Crippen molar-refractivity contribution in [2.24, 2.45) is 11.7 Å². The number of amides is 1. The van der Waals surface area contributed by atoms with Gasteiger partial charge in [0.15, 0.2) is 0 Å². The lowest BCUT2D eigenvalue weighted by molar-refractivity contribution is 0.0950. The summed E-state index contributed by atoms with van der Waals surface area (Å²) in [5, 5.41) is 2.93. The summed E-state index contributed by atoms with van der Waals surface area (Å²) >= 11 is 0. The van der Waals surface area contributed by atoms with Gasteiger partial charge in [-0.15, -0.1) is 0 Å². The largest absolute Gasteiger partial charge is 0.466 e. The summed E-state index contributed by atoms with van der Waals surface area (Å²) in [5.74, 6) is 1.98. The third-order valence-electron chi connectivity index (χ3n) is 3.35. The molecule has 1 aromatic rings. The van der Waals surface area contributed by atoms with Gasteiger partial charge < -0.3 is 15.5 Å². The summed E-state index contributed by atoms with van der Waals surface area (Å²) in [7, 11) is 0. The molecule has 1 rings (SSSR count). The van der Waals surface area contributed by atoms with Gasteiger partial charge in [-0.2, -0.15) is 0 Å². The van der Waals surface area contributed by atoms with Gasteiger partial charge in [0.1, 0.15) is 11.5 Å². The zero-order valence-electron chi connectivity index (χ0n) is 11.8. The highest BCUT2D eigenvalue weighted by atomic mass is 16.3. The summed E-state index contributed by atoms with van der Waals surface area (Å²) in [6.07, 6.45) is 2.00. The van der Waals surface area contributed by atoms with Crippen molar-refractivity contribution in [3.8, 4) is 0 Å². The van der Waals surface area contributed by atoms with Crippen molar-refractivity contribution in [1.29, 1.82) is 0 Å². The summed E-state index contributed by atoms with van der Waals surface area (Å²) in [5.41, 5.74) is 7.16. The number of hydrogen-bond acceptors (Lipinski definition) is 3. The molecule has 0 aliphatic heterocycles. The fraction of sp³-hybridized carbons (Fsp3) is 0.643. The fourth-order valence-electron chi connectivity index (χ4n) is 1.99. The summed E-state index contributed by atoms with van der Waals surface area (Å²) in [4.78, 5) is 12.0. The van der Waals surface area contributed by atoms with E-state index in [1.807, 2.05) is 20.8 Å². The quantitative estimate of drug-likeness (QED) is 0.763. The molecule has 0 spiro atoms. The summed E-state index contributed by atoms with van der Waals surface area (Å²) in [6.45, 7) is 9.12. The molecule has 1 unspecified atom stereocenters. The van der Waals surface area contributed by atoms with Gasteiger partial charge in [-0.25, -0.2) is 0 Å². The van der Waals surface area contributed by atoms with E-state index < -0.39 is 0 Å². The highest BCUT2D eigenvalue weighted by Crippen LogP contribution is 2.20. The van der Waals surface area contributed by atoms with Gasteiger partial charge >= 0.3 is 0 Å². The lowest BCUT2D eigenvalue weighted by Gasteiger charge is -2.09. The summed E-state index contributed by atoms with van der Waals surface area (Å²) in [6, 6.07) is 0. The minimum atomic E-state index is -0.0396. The molecule has 1 amide bonds. The molecule has 0 saturated carbocycles. The zero-order chi connectivity index (χ0) is 13.7. The van der Waals surface area contributed by atoms with E-state index in [2.05, 4.69) is 12.2 Å². The molecule has 0 bridgehead atoms. The molecule has 18 heavy (non-hydrogen) atoms. The Bertz CT molecular complexity index is 410. The van der Waals surface area contributed by atoms with Crippen molar-refractivity contribution in [3.05, 3.63) is 22.6 Å². The Kier molecular flexibility index (Phi) is 5.41. The first-order valence-corrected chi connectivity index (χ1v) is 6.52. The first-order valence-electron chi connectivity index (χ1n) is 6.52. The first-order chi connectivity index (χ1) is 8.47. The van der Waals surface area contributed by atoms with Gasteiger partial charge in [0, 0.05) is 12.1 Å². The van der Waals surface area contributed by atoms with Crippen molar-refractivity contribution in [2.75, 3.05) is 13.1 Å². The molecule has 0 saturated heterocycles.